The average Bonchev–Trinajstić information content (AvgIpc) is 1.86. The highest BCUT2D eigenvalue weighted by atomic mass is 16.1. The van der Waals surface area contributed by atoms with Gasteiger partial charge in [-0.1, -0.05) is 32.9 Å². The number of Topliss-reactive ketones (excluding diaryl/α,β-unsaturated/α-hetero) is 1. The third-order valence-corrected chi connectivity index (χ3v) is 2.29. The largest absolute Gasteiger partial charge is 0.299 e. The van der Waals surface area contributed by atoms with Gasteiger partial charge in [-0.3, -0.25) is 4.79 Å². The van der Waals surface area contributed by atoms with Crippen LogP contribution in [-0.4, -0.2) is 5.78 Å². The predicted octanol–water partition coefficient (Wildman–Crippen LogP) is 2.57. The summed E-state index contributed by atoms with van der Waals surface area (Å²) in [7, 11) is 0. The molecule has 0 aromatic heterocycles. The molecule has 11 heavy (non-hydrogen) atoms. The zero-order chi connectivity index (χ0) is 8.48. The molecule has 1 aliphatic rings. The number of rotatable bonds is 0. The van der Waals surface area contributed by atoms with Gasteiger partial charge in [0.1, 0.15) is 5.78 Å². The van der Waals surface area contributed by atoms with Crippen molar-refractivity contribution < 1.29 is 4.79 Å². The number of ketones is 1. The van der Waals surface area contributed by atoms with Crippen molar-refractivity contribution in [2.24, 2.45) is 11.3 Å². The van der Waals surface area contributed by atoms with Gasteiger partial charge in [0.05, 0.1) is 0 Å². The van der Waals surface area contributed by atoms with Crippen LogP contribution in [0.3, 0.4) is 0 Å². The lowest BCUT2D eigenvalue weighted by Gasteiger charge is -2.30. The zero-order valence-corrected chi connectivity index (χ0v) is 7.55. The molecular formula is C10H16O. The van der Waals surface area contributed by atoms with Crippen LogP contribution in [0.4, 0.5) is 0 Å². The fourth-order valence-electron chi connectivity index (χ4n) is 1.54. The van der Waals surface area contributed by atoms with Gasteiger partial charge in [-0.05, 0) is 11.8 Å². The summed E-state index contributed by atoms with van der Waals surface area (Å²) < 4.78 is 0. The minimum absolute atomic E-state index is 0.141. The first kappa shape index (κ1) is 8.51. The Kier molecular flexibility index (Phi) is 2.17. The van der Waals surface area contributed by atoms with Crippen molar-refractivity contribution in [2.75, 3.05) is 0 Å². The molecule has 0 spiro atoms. The molecule has 0 saturated carbocycles. The van der Waals surface area contributed by atoms with Crippen LogP contribution < -0.4 is 0 Å². The van der Waals surface area contributed by atoms with Crippen molar-refractivity contribution in [3.8, 4) is 0 Å². The number of hydrogen-bond donors (Lipinski definition) is 0. The summed E-state index contributed by atoms with van der Waals surface area (Å²) in [6.45, 7) is 6.40. The Morgan fingerprint density at radius 2 is 2.00 bits per heavy atom. The van der Waals surface area contributed by atoms with E-state index in [2.05, 4.69) is 26.8 Å². The minimum Gasteiger partial charge on any atom is -0.299 e. The molecule has 0 aromatic carbocycles. The topological polar surface area (TPSA) is 17.1 Å². The highest BCUT2D eigenvalue weighted by Gasteiger charge is 2.30. The summed E-state index contributed by atoms with van der Waals surface area (Å²) in [5.74, 6) is 0.646. The fourth-order valence-corrected chi connectivity index (χ4v) is 1.54. The molecule has 62 valence electrons. The van der Waals surface area contributed by atoms with Crippen LogP contribution >= 0.6 is 0 Å². The van der Waals surface area contributed by atoms with Crippen LogP contribution in [0, 0.1) is 11.3 Å². The number of carbonyl (C=O) groups excluding carboxylic acids is 1. The first-order chi connectivity index (χ1) is 5.02. The quantitative estimate of drug-likeness (QED) is 0.487. The van der Waals surface area contributed by atoms with E-state index in [1.807, 2.05) is 6.08 Å². The van der Waals surface area contributed by atoms with E-state index in [1.165, 1.54) is 0 Å². The zero-order valence-electron chi connectivity index (χ0n) is 7.55. The smallest absolute Gasteiger partial charge is 0.140 e. The van der Waals surface area contributed by atoms with Gasteiger partial charge in [-0.2, -0.15) is 0 Å². The summed E-state index contributed by atoms with van der Waals surface area (Å²) in [5, 5.41) is 0. The van der Waals surface area contributed by atoms with Crippen molar-refractivity contribution in [3.63, 3.8) is 0 Å². The molecule has 1 nitrogen and oxygen atoms in total. The Morgan fingerprint density at radius 3 is 2.36 bits per heavy atom. The van der Waals surface area contributed by atoms with E-state index in [9.17, 15) is 4.79 Å². The molecule has 1 atom stereocenters. The number of carbonyl (C=O) groups is 1. The van der Waals surface area contributed by atoms with Crippen molar-refractivity contribution in [3.05, 3.63) is 12.2 Å². The van der Waals surface area contributed by atoms with Crippen molar-refractivity contribution >= 4 is 5.78 Å². The van der Waals surface area contributed by atoms with E-state index in [0.29, 0.717) is 12.2 Å². The lowest BCUT2D eigenvalue weighted by Crippen LogP contribution is -2.29. The first-order valence-corrected chi connectivity index (χ1v) is 4.19. The van der Waals surface area contributed by atoms with Crippen LogP contribution in [0.25, 0.3) is 0 Å². The molecule has 0 fully saturated rings. The van der Waals surface area contributed by atoms with E-state index in [0.717, 1.165) is 6.42 Å². The Balaban J connectivity index is 2.72. The minimum atomic E-state index is 0.141. The van der Waals surface area contributed by atoms with Crippen LogP contribution in [0.5, 0.6) is 0 Å². The predicted molar refractivity (Wildman–Crippen MR) is 46.3 cm³/mol. The summed E-state index contributed by atoms with van der Waals surface area (Å²) in [6, 6.07) is 0. The van der Waals surface area contributed by atoms with E-state index in [4.69, 9.17) is 0 Å². The highest BCUT2D eigenvalue weighted by molar-refractivity contribution is 5.84. The summed E-state index contributed by atoms with van der Waals surface area (Å²) in [6.07, 6.45) is 5.67. The van der Waals surface area contributed by atoms with Crippen molar-refractivity contribution in [1.29, 1.82) is 0 Å². The molecule has 1 rings (SSSR count). The lowest BCUT2D eigenvalue weighted by molar-refractivity contribution is -0.125. The Morgan fingerprint density at radius 1 is 1.36 bits per heavy atom. The SMILES string of the molecule is CC(C)(C)C1CC=CCC1=O. The maximum Gasteiger partial charge on any atom is 0.140 e. The molecule has 0 heterocycles. The Hall–Kier alpha value is -0.590. The molecule has 0 N–H and O–H groups in total. The maximum atomic E-state index is 11.4. The van der Waals surface area contributed by atoms with Crippen molar-refractivity contribution in [1.82, 2.24) is 0 Å². The van der Waals surface area contributed by atoms with Gasteiger partial charge in [0.25, 0.3) is 0 Å². The molecule has 1 aliphatic carbocycles. The number of hydrogen-bond acceptors (Lipinski definition) is 1. The Labute approximate surface area is 68.5 Å². The standard InChI is InChI=1S/C10H16O/c1-10(2,3)8-6-4-5-7-9(8)11/h4-5,8H,6-7H2,1-3H3. The van der Waals surface area contributed by atoms with Gasteiger partial charge in [-0.25, -0.2) is 0 Å². The maximum absolute atomic E-state index is 11.4. The van der Waals surface area contributed by atoms with E-state index in [1.54, 1.807) is 0 Å². The van der Waals surface area contributed by atoms with Crippen LogP contribution in [-0.2, 0) is 4.79 Å². The second-order valence-electron chi connectivity index (χ2n) is 4.30. The molecule has 1 unspecified atom stereocenters. The lowest BCUT2D eigenvalue weighted by atomic mass is 9.74. The van der Waals surface area contributed by atoms with Gasteiger partial charge in [0.15, 0.2) is 0 Å². The summed E-state index contributed by atoms with van der Waals surface area (Å²) in [4.78, 5) is 11.4. The fraction of sp³-hybridized carbons (Fsp3) is 0.700. The molecule has 0 bridgehead atoms. The molecule has 0 radical (unpaired) electrons. The van der Waals surface area contributed by atoms with Crippen LogP contribution in [0.2, 0.25) is 0 Å². The third kappa shape index (κ3) is 1.92. The molecular weight excluding hydrogens is 136 g/mol. The molecule has 0 aromatic rings. The third-order valence-electron chi connectivity index (χ3n) is 2.29. The van der Waals surface area contributed by atoms with E-state index in [-0.39, 0.29) is 11.3 Å². The molecule has 0 aliphatic heterocycles. The normalized spacial score (nSPS) is 25.7. The number of allylic oxidation sites excluding steroid dienone is 2. The van der Waals surface area contributed by atoms with Gasteiger partial charge < -0.3 is 0 Å². The van der Waals surface area contributed by atoms with E-state index >= 15 is 0 Å². The highest BCUT2D eigenvalue weighted by Crippen LogP contribution is 2.32. The van der Waals surface area contributed by atoms with Crippen LogP contribution in [0.15, 0.2) is 12.2 Å². The molecule has 0 saturated heterocycles. The molecule has 0 amide bonds. The second-order valence-corrected chi connectivity index (χ2v) is 4.30. The van der Waals surface area contributed by atoms with Gasteiger partial charge in [0.2, 0.25) is 0 Å². The van der Waals surface area contributed by atoms with Crippen molar-refractivity contribution in [2.45, 2.75) is 33.6 Å². The monoisotopic (exact) mass is 152 g/mol. The summed E-state index contributed by atoms with van der Waals surface area (Å²) >= 11 is 0. The first-order valence-electron chi connectivity index (χ1n) is 4.19. The van der Waals surface area contributed by atoms with E-state index < -0.39 is 0 Å². The second kappa shape index (κ2) is 2.80. The van der Waals surface area contributed by atoms with Crippen LogP contribution in [0.1, 0.15) is 33.6 Å². The Bertz CT molecular complexity index is 184. The molecule has 1 heteroatoms. The summed E-state index contributed by atoms with van der Waals surface area (Å²) in [5.41, 5.74) is 0.141. The van der Waals surface area contributed by atoms with Gasteiger partial charge in [0, 0.05) is 12.3 Å². The average molecular weight is 152 g/mol. The van der Waals surface area contributed by atoms with Gasteiger partial charge in [-0.15, -0.1) is 0 Å². The van der Waals surface area contributed by atoms with Gasteiger partial charge >= 0.3 is 0 Å².